The van der Waals surface area contributed by atoms with Crippen molar-refractivity contribution in [3.8, 4) is 0 Å². The maximum absolute atomic E-state index is 6.05. The van der Waals surface area contributed by atoms with Gasteiger partial charge in [-0.3, -0.25) is 4.99 Å². The molecule has 0 spiro atoms. The fourth-order valence-electron chi connectivity index (χ4n) is 2.00. The van der Waals surface area contributed by atoms with Gasteiger partial charge in [-0.05, 0) is 18.9 Å². The fraction of sp³-hybridized carbons (Fsp3) is 0.462. The second kappa shape index (κ2) is 5.32. The molecule has 0 amide bonds. The van der Waals surface area contributed by atoms with Gasteiger partial charge in [0.1, 0.15) is 0 Å². The Morgan fingerprint density at radius 1 is 1.13 bits per heavy atom. The lowest BCUT2D eigenvalue weighted by Crippen LogP contribution is -2.09. The van der Waals surface area contributed by atoms with Crippen LogP contribution < -0.4 is 0 Å². The Kier molecular flexibility index (Phi) is 3.79. The van der Waals surface area contributed by atoms with Crippen LogP contribution in [0.15, 0.2) is 29.3 Å². The van der Waals surface area contributed by atoms with E-state index < -0.39 is 0 Å². The third kappa shape index (κ3) is 3.07. The lowest BCUT2D eigenvalue weighted by Gasteiger charge is -2.17. The van der Waals surface area contributed by atoms with Gasteiger partial charge in [-0.2, -0.15) is 0 Å². The molecular formula is C13H16ClN. The molecule has 0 aliphatic heterocycles. The van der Waals surface area contributed by atoms with Crippen LogP contribution in [0.1, 0.15) is 37.7 Å². The highest BCUT2D eigenvalue weighted by molar-refractivity contribution is 6.33. The average Bonchev–Trinajstić information content (AvgIpc) is 2.29. The zero-order valence-electron chi connectivity index (χ0n) is 8.82. The molecule has 0 saturated heterocycles. The van der Waals surface area contributed by atoms with Crippen molar-refractivity contribution in [3.05, 3.63) is 34.9 Å². The lowest BCUT2D eigenvalue weighted by atomic mass is 9.96. The SMILES string of the molecule is Clc1ccccc1C=NC1CCCCC1. The highest BCUT2D eigenvalue weighted by Crippen LogP contribution is 2.20. The Hall–Kier alpha value is -0.820. The highest BCUT2D eigenvalue weighted by atomic mass is 35.5. The van der Waals surface area contributed by atoms with Gasteiger partial charge in [-0.1, -0.05) is 49.1 Å². The van der Waals surface area contributed by atoms with Crippen molar-refractivity contribution in [2.75, 3.05) is 0 Å². The third-order valence-corrected chi connectivity index (χ3v) is 3.25. The van der Waals surface area contributed by atoms with E-state index in [2.05, 4.69) is 4.99 Å². The van der Waals surface area contributed by atoms with E-state index in [0.717, 1.165) is 10.6 Å². The minimum absolute atomic E-state index is 0.523. The van der Waals surface area contributed by atoms with E-state index in [1.54, 1.807) is 0 Å². The summed E-state index contributed by atoms with van der Waals surface area (Å²) in [5, 5.41) is 0.789. The summed E-state index contributed by atoms with van der Waals surface area (Å²) < 4.78 is 0. The van der Waals surface area contributed by atoms with Crippen LogP contribution in [0.3, 0.4) is 0 Å². The first-order valence-corrected chi connectivity index (χ1v) is 6.02. The molecule has 1 fully saturated rings. The topological polar surface area (TPSA) is 12.4 Å². The lowest BCUT2D eigenvalue weighted by molar-refractivity contribution is 0.444. The molecule has 0 heterocycles. The number of aliphatic imine (C=N–C) groups is 1. The molecule has 80 valence electrons. The number of halogens is 1. The van der Waals surface area contributed by atoms with Crippen molar-refractivity contribution < 1.29 is 0 Å². The Labute approximate surface area is 96.2 Å². The van der Waals surface area contributed by atoms with Gasteiger partial charge >= 0.3 is 0 Å². The molecule has 1 aliphatic carbocycles. The van der Waals surface area contributed by atoms with Gasteiger partial charge in [0.25, 0.3) is 0 Å². The Morgan fingerprint density at radius 2 is 1.87 bits per heavy atom. The minimum Gasteiger partial charge on any atom is -0.289 e. The third-order valence-electron chi connectivity index (χ3n) is 2.90. The molecule has 0 unspecified atom stereocenters. The van der Waals surface area contributed by atoms with Crippen molar-refractivity contribution >= 4 is 17.8 Å². The monoisotopic (exact) mass is 221 g/mol. The summed E-state index contributed by atoms with van der Waals surface area (Å²) in [6.45, 7) is 0. The maximum atomic E-state index is 6.05. The first kappa shape index (κ1) is 10.7. The van der Waals surface area contributed by atoms with Crippen LogP contribution in [0, 0.1) is 0 Å². The predicted octanol–water partition coefficient (Wildman–Crippen LogP) is 4.09. The van der Waals surface area contributed by atoms with Gasteiger partial charge in [0.15, 0.2) is 0 Å². The number of benzene rings is 1. The Morgan fingerprint density at radius 3 is 2.60 bits per heavy atom. The Bertz CT molecular complexity index is 340. The van der Waals surface area contributed by atoms with Crippen LogP contribution in [0.5, 0.6) is 0 Å². The van der Waals surface area contributed by atoms with Crippen molar-refractivity contribution in [2.45, 2.75) is 38.1 Å². The predicted molar refractivity (Wildman–Crippen MR) is 65.9 cm³/mol. The van der Waals surface area contributed by atoms with Crippen LogP contribution >= 0.6 is 11.6 Å². The summed E-state index contributed by atoms with van der Waals surface area (Å²) >= 11 is 6.05. The first-order chi connectivity index (χ1) is 7.36. The first-order valence-electron chi connectivity index (χ1n) is 5.64. The number of hydrogen-bond donors (Lipinski definition) is 0. The van der Waals surface area contributed by atoms with Crippen molar-refractivity contribution in [1.29, 1.82) is 0 Å². The Balaban J connectivity index is 2.01. The molecule has 1 aliphatic rings. The van der Waals surface area contributed by atoms with Gasteiger partial charge in [-0.15, -0.1) is 0 Å². The number of nitrogens with zero attached hydrogens (tertiary/aromatic N) is 1. The fourth-order valence-corrected chi connectivity index (χ4v) is 2.18. The van der Waals surface area contributed by atoms with E-state index in [1.165, 1.54) is 32.1 Å². The zero-order valence-corrected chi connectivity index (χ0v) is 9.58. The summed E-state index contributed by atoms with van der Waals surface area (Å²) in [4.78, 5) is 4.60. The van der Waals surface area contributed by atoms with Gasteiger partial charge in [0, 0.05) is 22.8 Å². The molecule has 1 nitrogen and oxygen atoms in total. The van der Waals surface area contributed by atoms with Crippen LogP contribution in [0.2, 0.25) is 5.02 Å². The van der Waals surface area contributed by atoms with E-state index in [0.29, 0.717) is 6.04 Å². The van der Waals surface area contributed by atoms with Crippen molar-refractivity contribution in [1.82, 2.24) is 0 Å². The molecule has 0 aromatic heterocycles. The second-order valence-electron chi connectivity index (χ2n) is 4.09. The van der Waals surface area contributed by atoms with E-state index in [9.17, 15) is 0 Å². The molecule has 1 aromatic rings. The molecule has 15 heavy (non-hydrogen) atoms. The normalized spacial score (nSPS) is 18.5. The molecule has 0 atom stereocenters. The van der Waals surface area contributed by atoms with Gasteiger partial charge in [0.05, 0.1) is 0 Å². The molecule has 1 aromatic carbocycles. The summed E-state index contributed by atoms with van der Waals surface area (Å²) in [5.74, 6) is 0. The van der Waals surface area contributed by atoms with Crippen LogP contribution in [0.25, 0.3) is 0 Å². The number of rotatable bonds is 2. The molecule has 0 bridgehead atoms. The number of hydrogen-bond acceptors (Lipinski definition) is 1. The quantitative estimate of drug-likeness (QED) is 0.667. The molecular weight excluding hydrogens is 206 g/mol. The molecule has 2 heteroatoms. The molecule has 1 saturated carbocycles. The molecule has 0 radical (unpaired) electrons. The standard InChI is InChI=1S/C13H16ClN/c14-13-9-5-4-6-11(13)10-15-12-7-2-1-3-8-12/h4-6,9-10,12H,1-3,7-8H2. The van der Waals surface area contributed by atoms with E-state index in [4.69, 9.17) is 11.6 Å². The second-order valence-corrected chi connectivity index (χ2v) is 4.50. The molecule has 2 rings (SSSR count). The van der Waals surface area contributed by atoms with Crippen molar-refractivity contribution in [3.63, 3.8) is 0 Å². The van der Waals surface area contributed by atoms with Gasteiger partial charge < -0.3 is 0 Å². The summed E-state index contributed by atoms with van der Waals surface area (Å²) in [7, 11) is 0. The zero-order chi connectivity index (χ0) is 10.5. The van der Waals surface area contributed by atoms with Gasteiger partial charge in [0.2, 0.25) is 0 Å². The minimum atomic E-state index is 0.523. The van der Waals surface area contributed by atoms with E-state index >= 15 is 0 Å². The van der Waals surface area contributed by atoms with Crippen molar-refractivity contribution in [2.24, 2.45) is 4.99 Å². The molecule has 0 N–H and O–H groups in total. The smallest absolute Gasteiger partial charge is 0.0499 e. The summed E-state index contributed by atoms with van der Waals surface area (Å²) in [6, 6.07) is 8.38. The maximum Gasteiger partial charge on any atom is 0.0499 e. The largest absolute Gasteiger partial charge is 0.289 e. The van der Waals surface area contributed by atoms with Crippen LogP contribution in [-0.2, 0) is 0 Å². The van der Waals surface area contributed by atoms with E-state index in [1.807, 2.05) is 30.5 Å². The summed E-state index contributed by atoms with van der Waals surface area (Å²) in [5.41, 5.74) is 1.03. The van der Waals surface area contributed by atoms with E-state index in [-0.39, 0.29) is 0 Å². The highest BCUT2D eigenvalue weighted by Gasteiger charge is 2.10. The van der Waals surface area contributed by atoms with Crippen LogP contribution in [0.4, 0.5) is 0 Å². The summed E-state index contributed by atoms with van der Waals surface area (Å²) in [6.07, 6.45) is 8.42. The average molecular weight is 222 g/mol. The van der Waals surface area contributed by atoms with Gasteiger partial charge in [-0.25, -0.2) is 0 Å². The van der Waals surface area contributed by atoms with Crippen LogP contribution in [-0.4, -0.2) is 12.3 Å².